The number of ether oxygens (including phenoxy) is 1. The summed E-state index contributed by atoms with van der Waals surface area (Å²) in [5.41, 5.74) is 0. The van der Waals surface area contributed by atoms with Crippen molar-refractivity contribution in [3.05, 3.63) is 0 Å². The molecule has 0 radical (unpaired) electrons. The van der Waals surface area contributed by atoms with E-state index in [4.69, 9.17) is 16.3 Å². The van der Waals surface area contributed by atoms with E-state index in [0.29, 0.717) is 32.0 Å². The first kappa shape index (κ1) is 15.2. The molecule has 0 amide bonds. The van der Waals surface area contributed by atoms with Crippen LogP contribution in [0.1, 0.15) is 19.3 Å². The van der Waals surface area contributed by atoms with E-state index in [0.717, 1.165) is 12.8 Å². The van der Waals surface area contributed by atoms with Crippen molar-refractivity contribution < 1.29 is 13.2 Å². The third kappa shape index (κ3) is 4.37. The predicted molar refractivity (Wildman–Crippen MR) is 68.5 cm³/mol. The quantitative estimate of drug-likeness (QED) is 0.591. The van der Waals surface area contributed by atoms with Gasteiger partial charge >= 0.3 is 0 Å². The van der Waals surface area contributed by atoms with Crippen molar-refractivity contribution in [1.29, 1.82) is 0 Å². The lowest BCUT2D eigenvalue weighted by molar-refractivity contribution is 0.174. The molecule has 102 valence electrons. The SMILES string of the molecule is COCCN(C1CC1)S(=O)(=O)N(C)CCCCl. The van der Waals surface area contributed by atoms with Gasteiger partial charge in [0.1, 0.15) is 0 Å². The Bertz CT molecular complexity index is 320. The fourth-order valence-electron chi connectivity index (χ4n) is 1.61. The van der Waals surface area contributed by atoms with Crippen molar-refractivity contribution >= 4 is 21.8 Å². The molecule has 0 unspecified atom stereocenters. The van der Waals surface area contributed by atoms with Gasteiger partial charge in [0, 0.05) is 39.2 Å². The Balaban J connectivity index is 2.62. The molecule has 7 heteroatoms. The molecular formula is C10H21ClN2O3S. The molecule has 1 aliphatic rings. The first-order valence-corrected chi connectivity index (χ1v) is 7.75. The molecule has 0 bridgehead atoms. The zero-order valence-electron chi connectivity index (χ0n) is 10.4. The molecular weight excluding hydrogens is 264 g/mol. The van der Waals surface area contributed by atoms with Gasteiger partial charge in [0.2, 0.25) is 0 Å². The molecule has 1 fully saturated rings. The largest absolute Gasteiger partial charge is 0.383 e. The molecule has 0 aromatic heterocycles. The molecule has 0 saturated heterocycles. The zero-order valence-corrected chi connectivity index (χ0v) is 12.0. The summed E-state index contributed by atoms with van der Waals surface area (Å²) < 4.78 is 32.4. The number of alkyl halides is 1. The summed E-state index contributed by atoms with van der Waals surface area (Å²) in [4.78, 5) is 0. The van der Waals surface area contributed by atoms with Crippen molar-refractivity contribution in [3.63, 3.8) is 0 Å². The second-order valence-corrected chi connectivity index (χ2v) is 6.57. The standard InChI is InChI=1S/C10H21ClN2O3S/c1-12(7-3-6-11)17(14,15)13(8-9-16-2)10-4-5-10/h10H,3-9H2,1-2H3. The Labute approximate surface area is 109 Å². The Kier molecular flexibility index (Phi) is 6.16. The zero-order chi connectivity index (χ0) is 12.9. The Morgan fingerprint density at radius 2 is 2.00 bits per heavy atom. The Morgan fingerprint density at radius 3 is 2.47 bits per heavy atom. The van der Waals surface area contributed by atoms with Gasteiger partial charge in [-0.05, 0) is 19.3 Å². The normalized spacial score (nSPS) is 17.0. The minimum absolute atomic E-state index is 0.161. The lowest BCUT2D eigenvalue weighted by Gasteiger charge is -2.27. The molecule has 1 rings (SSSR count). The van der Waals surface area contributed by atoms with E-state index < -0.39 is 10.2 Å². The molecule has 1 saturated carbocycles. The van der Waals surface area contributed by atoms with Crippen molar-refractivity contribution in [2.45, 2.75) is 25.3 Å². The summed E-state index contributed by atoms with van der Waals surface area (Å²) in [6, 6.07) is 0.161. The van der Waals surface area contributed by atoms with Crippen LogP contribution in [0, 0.1) is 0 Å². The summed E-state index contributed by atoms with van der Waals surface area (Å²) >= 11 is 5.58. The lowest BCUT2D eigenvalue weighted by atomic mass is 10.5. The van der Waals surface area contributed by atoms with Crippen LogP contribution in [0.25, 0.3) is 0 Å². The van der Waals surface area contributed by atoms with E-state index >= 15 is 0 Å². The van der Waals surface area contributed by atoms with E-state index in [-0.39, 0.29) is 6.04 Å². The molecule has 0 heterocycles. The third-order valence-corrected chi connectivity index (χ3v) is 5.08. The van der Waals surface area contributed by atoms with Gasteiger partial charge in [-0.2, -0.15) is 17.0 Å². The van der Waals surface area contributed by atoms with Crippen molar-refractivity contribution in [2.24, 2.45) is 0 Å². The van der Waals surface area contributed by atoms with E-state index in [1.54, 1.807) is 18.5 Å². The van der Waals surface area contributed by atoms with Gasteiger partial charge in [0.15, 0.2) is 0 Å². The maximum absolute atomic E-state index is 12.3. The molecule has 0 N–H and O–H groups in total. The fourth-order valence-corrected chi connectivity index (χ4v) is 3.34. The van der Waals surface area contributed by atoms with Gasteiger partial charge in [-0.1, -0.05) is 0 Å². The summed E-state index contributed by atoms with van der Waals surface area (Å²) in [6.45, 7) is 1.32. The van der Waals surface area contributed by atoms with E-state index in [2.05, 4.69) is 0 Å². The van der Waals surface area contributed by atoms with Gasteiger partial charge in [0.05, 0.1) is 6.61 Å². The van der Waals surface area contributed by atoms with Crippen LogP contribution in [0.4, 0.5) is 0 Å². The number of hydrogen-bond donors (Lipinski definition) is 0. The molecule has 0 aliphatic heterocycles. The summed E-state index contributed by atoms with van der Waals surface area (Å²) in [6.07, 6.45) is 2.57. The third-order valence-electron chi connectivity index (χ3n) is 2.77. The molecule has 0 spiro atoms. The van der Waals surface area contributed by atoms with Crippen LogP contribution in [-0.2, 0) is 14.9 Å². The van der Waals surface area contributed by atoms with Crippen LogP contribution in [0.3, 0.4) is 0 Å². The van der Waals surface area contributed by atoms with Gasteiger partial charge in [-0.3, -0.25) is 0 Å². The maximum atomic E-state index is 12.3. The highest BCUT2D eigenvalue weighted by molar-refractivity contribution is 7.86. The summed E-state index contributed by atoms with van der Waals surface area (Å²) in [7, 11) is -0.175. The van der Waals surface area contributed by atoms with Crippen LogP contribution < -0.4 is 0 Å². The second kappa shape index (κ2) is 6.89. The number of rotatable bonds is 9. The van der Waals surface area contributed by atoms with Crippen LogP contribution in [0.15, 0.2) is 0 Å². The van der Waals surface area contributed by atoms with Crippen LogP contribution in [0.5, 0.6) is 0 Å². The van der Waals surface area contributed by atoms with E-state index in [9.17, 15) is 8.42 Å². The average molecular weight is 285 g/mol. The van der Waals surface area contributed by atoms with Gasteiger partial charge < -0.3 is 4.74 Å². The van der Waals surface area contributed by atoms with Crippen molar-refractivity contribution in [2.75, 3.05) is 39.7 Å². The Hall–Kier alpha value is 0.120. The van der Waals surface area contributed by atoms with Gasteiger partial charge in [-0.15, -0.1) is 11.6 Å². The first-order chi connectivity index (χ1) is 8.04. The minimum atomic E-state index is -3.35. The smallest absolute Gasteiger partial charge is 0.282 e. The molecule has 5 nitrogen and oxygen atoms in total. The number of halogens is 1. The molecule has 0 aromatic rings. The predicted octanol–water partition coefficient (Wildman–Crippen LogP) is 0.903. The van der Waals surface area contributed by atoms with Crippen molar-refractivity contribution in [1.82, 2.24) is 8.61 Å². The summed E-state index contributed by atoms with van der Waals surface area (Å²) in [5, 5.41) is 0. The molecule has 1 aliphatic carbocycles. The van der Waals surface area contributed by atoms with Crippen LogP contribution >= 0.6 is 11.6 Å². The van der Waals surface area contributed by atoms with Gasteiger partial charge in [0.25, 0.3) is 10.2 Å². The maximum Gasteiger partial charge on any atom is 0.282 e. The van der Waals surface area contributed by atoms with Crippen LogP contribution in [-0.4, -0.2) is 62.8 Å². The Morgan fingerprint density at radius 1 is 1.35 bits per heavy atom. The highest BCUT2D eigenvalue weighted by atomic mass is 35.5. The second-order valence-electron chi connectivity index (χ2n) is 4.21. The number of methoxy groups -OCH3 is 1. The topological polar surface area (TPSA) is 49.9 Å². The average Bonchev–Trinajstić information content (AvgIpc) is 3.10. The fraction of sp³-hybridized carbons (Fsp3) is 1.00. The molecule has 0 aromatic carbocycles. The lowest BCUT2D eigenvalue weighted by Crippen LogP contribution is -2.44. The highest BCUT2D eigenvalue weighted by Gasteiger charge is 2.38. The van der Waals surface area contributed by atoms with Crippen LogP contribution in [0.2, 0.25) is 0 Å². The molecule has 0 atom stereocenters. The monoisotopic (exact) mass is 284 g/mol. The highest BCUT2D eigenvalue weighted by Crippen LogP contribution is 2.29. The number of nitrogens with zero attached hydrogens (tertiary/aromatic N) is 2. The van der Waals surface area contributed by atoms with E-state index in [1.165, 1.54) is 4.31 Å². The first-order valence-electron chi connectivity index (χ1n) is 5.82. The molecule has 17 heavy (non-hydrogen) atoms. The number of hydrogen-bond acceptors (Lipinski definition) is 3. The van der Waals surface area contributed by atoms with Crippen molar-refractivity contribution in [3.8, 4) is 0 Å². The van der Waals surface area contributed by atoms with Gasteiger partial charge in [-0.25, -0.2) is 0 Å². The van der Waals surface area contributed by atoms with E-state index in [1.807, 2.05) is 0 Å². The minimum Gasteiger partial charge on any atom is -0.383 e. The summed E-state index contributed by atoms with van der Waals surface area (Å²) in [5.74, 6) is 0.474.